The lowest BCUT2D eigenvalue weighted by molar-refractivity contribution is 0.0943. The highest BCUT2D eigenvalue weighted by atomic mass is 35.5. The van der Waals surface area contributed by atoms with Crippen molar-refractivity contribution in [3.05, 3.63) is 87.9 Å². The highest BCUT2D eigenvalue weighted by Crippen LogP contribution is 2.36. The van der Waals surface area contributed by atoms with Crippen molar-refractivity contribution in [3.8, 4) is 17.5 Å². The second-order valence-electron chi connectivity index (χ2n) is 10.3. The smallest absolute Gasteiger partial charge is 0.251 e. The van der Waals surface area contributed by atoms with Gasteiger partial charge in [0.1, 0.15) is 5.52 Å². The Morgan fingerprint density at radius 2 is 1.78 bits per heavy atom. The number of amides is 1. The Hall–Kier alpha value is -3.62. The summed E-state index contributed by atoms with van der Waals surface area (Å²) >= 11 is 6.02. The SMILES string of the molecule is CC(C)c1cc(C#N)cc2nc(-c3ccc(C(=O)NC[C@H]4CC[C@H](c5ccc(Cl)cc5)CC4)cc3)oc12. The Balaban J connectivity index is 1.19. The van der Waals surface area contributed by atoms with Crippen molar-refractivity contribution in [2.75, 3.05) is 6.54 Å². The van der Waals surface area contributed by atoms with E-state index in [4.69, 9.17) is 16.0 Å². The fourth-order valence-corrected chi connectivity index (χ4v) is 5.34. The highest BCUT2D eigenvalue weighted by molar-refractivity contribution is 6.30. The van der Waals surface area contributed by atoms with Gasteiger partial charge in [-0.05, 0) is 97.5 Å². The van der Waals surface area contributed by atoms with Crippen LogP contribution in [0.3, 0.4) is 0 Å². The molecule has 1 aliphatic carbocycles. The van der Waals surface area contributed by atoms with Crippen molar-refractivity contribution in [3.63, 3.8) is 0 Å². The number of carbonyl (C=O) groups excluding carboxylic acids is 1. The molecule has 1 fully saturated rings. The van der Waals surface area contributed by atoms with Gasteiger partial charge < -0.3 is 9.73 Å². The average molecular weight is 512 g/mol. The van der Waals surface area contributed by atoms with Gasteiger partial charge in [-0.2, -0.15) is 5.26 Å². The normalized spacial score (nSPS) is 17.6. The van der Waals surface area contributed by atoms with Gasteiger partial charge in [0.25, 0.3) is 5.91 Å². The molecule has 1 N–H and O–H groups in total. The first-order chi connectivity index (χ1) is 17.9. The Morgan fingerprint density at radius 3 is 2.43 bits per heavy atom. The van der Waals surface area contributed by atoms with E-state index in [-0.39, 0.29) is 11.8 Å². The Bertz CT molecular complexity index is 1440. The monoisotopic (exact) mass is 511 g/mol. The number of fused-ring (bicyclic) bond motifs is 1. The van der Waals surface area contributed by atoms with E-state index < -0.39 is 0 Å². The first kappa shape index (κ1) is 25.0. The van der Waals surface area contributed by atoms with Gasteiger partial charge in [-0.25, -0.2) is 4.98 Å². The van der Waals surface area contributed by atoms with Crippen LogP contribution in [0.25, 0.3) is 22.6 Å². The number of nitrogens with one attached hydrogen (secondary N) is 1. The molecule has 4 aromatic rings. The summed E-state index contributed by atoms with van der Waals surface area (Å²) in [6, 6.07) is 21.3. The fraction of sp³-hybridized carbons (Fsp3) is 0.323. The van der Waals surface area contributed by atoms with E-state index in [2.05, 4.69) is 42.4 Å². The van der Waals surface area contributed by atoms with Gasteiger partial charge in [0, 0.05) is 28.3 Å². The molecule has 0 aliphatic heterocycles. The third-order valence-corrected chi connectivity index (χ3v) is 7.66. The summed E-state index contributed by atoms with van der Waals surface area (Å²) < 4.78 is 6.09. The summed E-state index contributed by atoms with van der Waals surface area (Å²) in [5.74, 6) is 1.70. The molecular formula is C31H30ClN3O2. The molecule has 1 aromatic heterocycles. The predicted octanol–water partition coefficient (Wildman–Crippen LogP) is 7.85. The van der Waals surface area contributed by atoms with Crippen LogP contribution in [0.1, 0.15) is 78.4 Å². The molecule has 0 bridgehead atoms. The lowest BCUT2D eigenvalue weighted by atomic mass is 9.78. The van der Waals surface area contributed by atoms with Gasteiger partial charge in [-0.1, -0.05) is 37.6 Å². The highest BCUT2D eigenvalue weighted by Gasteiger charge is 2.23. The number of nitrogens with zero attached hydrogens (tertiary/aromatic N) is 2. The first-order valence-corrected chi connectivity index (χ1v) is 13.3. The van der Waals surface area contributed by atoms with Gasteiger partial charge in [0.15, 0.2) is 5.58 Å². The molecule has 5 nitrogen and oxygen atoms in total. The third-order valence-electron chi connectivity index (χ3n) is 7.40. The van der Waals surface area contributed by atoms with Gasteiger partial charge >= 0.3 is 0 Å². The zero-order valence-electron chi connectivity index (χ0n) is 21.1. The molecule has 0 unspecified atom stereocenters. The number of halogens is 1. The number of nitriles is 1. The Labute approximate surface area is 222 Å². The molecule has 1 saturated carbocycles. The topological polar surface area (TPSA) is 78.9 Å². The summed E-state index contributed by atoms with van der Waals surface area (Å²) in [4.78, 5) is 17.4. The maximum Gasteiger partial charge on any atom is 0.251 e. The van der Waals surface area contributed by atoms with Crippen molar-refractivity contribution in [2.24, 2.45) is 5.92 Å². The first-order valence-electron chi connectivity index (χ1n) is 12.9. The second-order valence-corrected chi connectivity index (χ2v) is 10.7. The molecule has 188 valence electrons. The standard InChI is InChI=1S/C31H30ClN3O2/c1-19(2)27-15-21(17-33)16-28-29(27)37-31(35-28)25-9-7-24(8-10-25)30(36)34-18-20-3-5-22(6-4-20)23-11-13-26(32)14-12-23/h7-16,19-20,22H,3-6,18H2,1-2H3,(H,34,36)/t20-,22-. The molecule has 0 atom stereocenters. The van der Waals surface area contributed by atoms with E-state index in [1.807, 2.05) is 30.3 Å². The predicted molar refractivity (Wildman–Crippen MR) is 147 cm³/mol. The van der Waals surface area contributed by atoms with E-state index in [0.29, 0.717) is 46.5 Å². The van der Waals surface area contributed by atoms with Gasteiger partial charge in [-0.3, -0.25) is 4.79 Å². The summed E-state index contributed by atoms with van der Waals surface area (Å²) in [6.07, 6.45) is 4.48. The number of benzene rings is 3. The van der Waals surface area contributed by atoms with E-state index >= 15 is 0 Å². The number of aromatic nitrogens is 1. The summed E-state index contributed by atoms with van der Waals surface area (Å²) in [5.41, 5.74) is 5.68. The average Bonchev–Trinajstić information content (AvgIpc) is 3.36. The van der Waals surface area contributed by atoms with Crippen LogP contribution in [0.2, 0.25) is 5.02 Å². The molecule has 3 aromatic carbocycles. The lowest BCUT2D eigenvalue weighted by Crippen LogP contribution is -2.31. The van der Waals surface area contributed by atoms with Crippen LogP contribution in [0.4, 0.5) is 0 Å². The number of hydrogen-bond acceptors (Lipinski definition) is 4. The van der Waals surface area contributed by atoms with E-state index in [1.54, 1.807) is 18.2 Å². The van der Waals surface area contributed by atoms with E-state index in [0.717, 1.165) is 41.8 Å². The molecule has 1 aliphatic rings. The van der Waals surface area contributed by atoms with Crippen molar-refractivity contribution in [2.45, 2.75) is 51.4 Å². The second kappa shape index (κ2) is 10.8. The van der Waals surface area contributed by atoms with Crippen molar-refractivity contribution in [1.82, 2.24) is 10.3 Å². The summed E-state index contributed by atoms with van der Waals surface area (Å²) in [7, 11) is 0. The molecule has 37 heavy (non-hydrogen) atoms. The van der Waals surface area contributed by atoms with Gasteiger partial charge in [0.2, 0.25) is 5.89 Å². The van der Waals surface area contributed by atoms with Crippen LogP contribution in [0.5, 0.6) is 0 Å². The maximum atomic E-state index is 12.8. The number of hydrogen-bond donors (Lipinski definition) is 1. The van der Waals surface area contributed by atoms with Crippen LogP contribution in [0, 0.1) is 17.2 Å². The van der Waals surface area contributed by atoms with E-state index in [1.165, 1.54) is 5.56 Å². The maximum absolute atomic E-state index is 12.8. The zero-order valence-corrected chi connectivity index (χ0v) is 21.9. The largest absolute Gasteiger partial charge is 0.436 e. The summed E-state index contributed by atoms with van der Waals surface area (Å²) in [5, 5.41) is 13.2. The molecule has 1 heterocycles. The minimum absolute atomic E-state index is 0.0651. The fourth-order valence-electron chi connectivity index (χ4n) is 5.21. The van der Waals surface area contributed by atoms with Crippen LogP contribution in [-0.2, 0) is 0 Å². The Kier molecular flexibility index (Phi) is 7.30. The number of rotatable bonds is 6. The number of carbonyl (C=O) groups is 1. The zero-order chi connectivity index (χ0) is 25.9. The molecular weight excluding hydrogens is 482 g/mol. The van der Waals surface area contributed by atoms with Crippen LogP contribution in [0.15, 0.2) is 65.1 Å². The van der Waals surface area contributed by atoms with Crippen molar-refractivity contribution in [1.29, 1.82) is 5.26 Å². The van der Waals surface area contributed by atoms with Gasteiger partial charge in [0.05, 0.1) is 11.6 Å². The minimum atomic E-state index is -0.0651. The lowest BCUT2D eigenvalue weighted by Gasteiger charge is -2.29. The molecule has 0 spiro atoms. The van der Waals surface area contributed by atoms with Crippen molar-refractivity contribution >= 4 is 28.6 Å². The minimum Gasteiger partial charge on any atom is -0.436 e. The molecule has 1 amide bonds. The quantitative estimate of drug-likeness (QED) is 0.286. The van der Waals surface area contributed by atoms with E-state index in [9.17, 15) is 10.1 Å². The van der Waals surface area contributed by atoms with Crippen LogP contribution >= 0.6 is 11.6 Å². The molecule has 5 rings (SSSR count). The molecule has 0 radical (unpaired) electrons. The van der Waals surface area contributed by atoms with Crippen molar-refractivity contribution < 1.29 is 9.21 Å². The molecule has 0 saturated heterocycles. The molecule has 6 heteroatoms. The third kappa shape index (κ3) is 5.55. The number of oxazole rings is 1. The van der Waals surface area contributed by atoms with Crippen LogP contribution in [-0.4, -0.2) is 17.4 Å². The van der Waals surface area contributed by atoms with Gasteiger partial charge in [-0.15, -0.1) is 0 Å². The van der Waals surface area contributed by atoms with Crippen LogP contribution < -0.4 is 5.32 Å². The Morgan fingerprint density at radius 1 is 1.08 bits per heavy atom. The summed E-state index contributed by atoms with van der Waals surface area (Å²) in [6.45, 7) is 4.83.